The summed E-state index contributed by atoms with van der Waals surface area (Å²) in [7, 11) is 4.08. The molecule has 6 heteroatoms. The van der Waals surface area contributed by atoms with Crippen molar-refractivity contribution >= 4 is 33.5 Å². The van der Waals surface area contributed by atoms with Gasteiger partial charge in [-0.05, 0) is 61.6 Å². The minimum atomic E-state index is 0.690. The number of hydrogen-bond acceptors (Lipinski definition) is 6. The van der Waals surface area contributed by atoms with Crippen LogP contribution in [0.15, 0.2) is 41.2 Å². The Hall–Kier alpha value is -1.89. The molecule has 4 nitrogen and oxygen atoms in total. The molecule has 0 atom stereocenters. The molecule has 0 saturated carbocycles. The fraction of sp³-hybridized carbons (Fsp3) is 0.278. The van der Waals surface area contributed by atoms with Crippen molar-refractivity contribution in [2.45, 2.75) is 6.92 Å². The fourth-order valence-electron chi connectivity index (χ4n) is 2.20. The molecule has 1 N–H and O–H groups in total. The SMILES string of the molecule is Cc1cc(OCCN(C)C)ccc1Nc1ncc(-c2ccsc2)s1. The van der Waals surface area contributed by atoms with Crippen molar-refractivity contribution < 1.29 is 4.74 Å². The molecule has 2 heterocycles. The van der Waals surface area contributed by atoms with Crippen LogP contribution < -0.4 is 10.1 Å². The van der Waals surface area contributed by atoms with Gasteiger partial charge in [0.05, 0.1) is 4.88 Å². The second-order valence-electron chi connectivity index (χ2n) is 5.80. The van der Waals surface area contributed by atoms with Gasteiger partial charge in [-0.3, -0.25) is 0 Å². The highest BCUT2D eigenvalue weighted by atomic mass is 32.1. The van der Waals surface area contributed by atoms with Crippen molar-refractivity contribution in [3.05, 3.63) is 46.8 Å². The van der Waals surface area contributed by atoms with Gasteiger partial charge in [0.25, 0.3) is 0 Å². The summed E-state index contributed by atoms with van der Waals surface area (Å²) in [6, 6.07) is 8.23. The van der Waals surface area contributed by atoms with Gasteiger partial charge in [0.1, 0.15) is 12.4 Å². The molecule has 0 amide bonds. The third-order valence-electron chi connectivity index (χ3n) is 3.56. The van der Waals surface area contributed by atoms with Crippen LogP contribution in [-0.2, 0) is 0 Å². The van der Waals surface area contributed by atoms with Crippen LogP contribution >= 0.6 is 22.7 Å². The molecule has 0 aliphatic heterocycles. The second-order valence-corrected chi connectivity index (χ2v) is 7.61. The van der Waals surface area contributed by atoms with Gasteiger partial charge in [0.2, 0.25) is 0 Å². The molecular weight excluding hydrogens is 338 g/mol. The smallest absolute Gasteiger partial charge is 0.187 e. The highest BCUT2D eigenvalue weighted by Gasteiger charge is 2.07. The Balaban J connectivity index is 1.65. The lowest BCUT2D eigenvalue weighted by atomic mass is 10.2. The van der Waals surface area contributed by atoms with Gasteiger partial charge in [-0.2, -0.15) is 11.3 Å². The van der Waals surface area contributed by atoms with E-state index in [2.05, 4.69) is 45.0 Å². The molecule has 1 aromatic carbocycles. The Morgan fingerprint density at radius 2 is 2.12 bits per heavy atom. The summed E-state index contributed by atoms with van der Waals surface area (Å²) in [6.45, 7) is 3.67. The fourth-order valence-corrected chi connectivity index (χ4v) is 3.75. The standard InChI is InChI=1S/C18H21N3OS2/c1-13-10-15(22-8-7-21(2)3)4-5-16(13)20-18-19-11-17(24-18)14-6-9-23-12-14/h4-6,9-12H,7-8H2,1-3H3,(H,19,20). The van der Waals surface area contributed by atoms with Crippen molar-refractivity contribution in [2.75, 3.05) is 32.6 Å². The zero-order valence-corrected chi connectivity index (χ0v) is 15.7. The van der Waals surface area contributed by atoms with Gasteiger partial charge in [-0.15, -0.1) is 0 Å². The van der Waals surface area contributed by atoms with Gasteiger partial charge >= 0.3 is 0 Å². The number of anilines is 2. The lowest BCUT2D eigenvalue weighted by Crippen LogP contribution is -2.19. The summed E-state index contributed by atoms with van der Waals surface area (Å²) in [5, 5.41) is 8.53. The van der Waals surface area contributed by atoms with E-state index in [0.29, 0.717) is 6.61 Å². The number of rotatable bonds is 7. The molecule has 0 spiro atoms. The van der Waals surface area contributed by atoms with Crippen LogP contribution in [0.25, 0.3) is 10.4 Å². The molecule has 3 aromatic rings. The molecule has 0 unspecified atom stereocenters. The molecule has 126 valence electrons. The van der Waals surface area contributed by atoms with Crippen molar-refractivity contribution in [3.8, 4) is 16.2 Å². The van der Waals surface area contributed by atoms with E-state index in [4.69, 9.17) is 4.74 Å². The Labute approximate surface area is 150 Å². The Kier molecular flexibility index (Phi) is 5.50. The minimum absolute atomic E-state index is 0.690. The molecule has 3 rings (SSSR count). The van der Waals surface area contributed by atoms with E-state index in [0.717, 1.165) is 28.7 Å². The zero-order chi connectivity index (χ0) is 16.9. The van der Waals surface area contributed by atoms with Gasteiger partial charge in [-0.1, -0.05) is 11.3 Å². The summed E-state index contributed by atoms with van der Waals surface area (Å²) < 4.78 is 5.77. The third-order valence-corrected chi connectivity index (χ3v) is 5.20. The van der Waals surface area contributed by atoms with Crippen LogP contribution in [0.5, 0.6) is 5.75 Å². The summed E-state index contributed by atoms with van der Waals surface area (Å²) in [4.78, 5) is 7.76. The highest BCUT2D eigenvalue weighted by Crippen LogP contribution is 2.33. The van der Waals surface area contributed by atoms with Crippen LogP contribution in [-0.4, -0.2) is 37.1 Å². The zero-order valence-electron chi connectivity index (χ0n) is 14.1. The number of likely N-dealkylation sites (N-methyl/N-ethyl adjacent to an activating group) is 1. The van der Waals surface area contributed by atoms with Crippen LogP contribution in [0.3, 0.4) is 0 Å². The average molecular weight is 360 g/mol. The second kappa shape index (κ2) is 7.79. The topological polar surface area (TPSA) is 37.4 Å². The molecule has 0 radical (unpaired) electrons. The van der Waals surface area contributed by atoms with Crippen LogP contribution in [0.2, 0.25) is 0 Å². The number of aryl methyl sites for hydroxylation is 1. The largest absolute Gasteiger partial charge is 0.492 e. The highest BCUT2D eigenvalue weighted by molar-refractivity contribution is 7.19. The molecule has 0 bridgehead atoms. The molecular formula is C18H21N3OS2. The van der Waals surface area contributed by atoms with Gasteiger partial charge < -0.3 is 15.0 Å². The molecule has 24 heavy (non-hydrogen) atoms. The lowest BCUT2D eigenvalue weighted by molar-refractivity contribution is 0.261. The minimum Gasteiger partial charge on any atom is -0.492 e. The van der Waals surface area contributed by atoms with Gasteiger partial charge in [-0.25, -0.2) is 4.98 Å². The van der Waals surface area contributed by atoms with Gasteiger partial charge in [0.15, 0.2) is 5.13 Å². The number of nitrogens with one attached hydrogen (secondary N) is 1. The van der Waals surface area contributed by atoms with E-state index in [1.54, 1.807) is 22.7 Å². The molecule has 0 aliphatic rings. The first-order chi connectivity index (χ1) is 11.6. The number of benzene rings is 1. The summed E-state index contributed by atoms with van der Waals surface area (Å²) >= 11 is 3.36. The molecule has 0 aliphatic carbocycles. The van der Waals surface area contributed by atoms with E-state index in [-0.39, 0.29) is 0 Å². The monoisotopic (exact) mass is 359 g/mol. The molecule has 0 fully saturated rings. The van der Waals surface area contributed by atoms with Crippen molar-refractivity contribution in [1.29, 1.82) is 0 Å². The average Bonchev–Trinajstić information content (AvgIpc) is 3.20. The normalized spacial score (nSPS) is 11.0. The summed E-state index contributed by atoms with van der Waals surface area (Å²) in [5.41, 5.74) is 3.43. The van der Waals surface area contributed by atoms with E-state index < -0.39 is 0 Å². The van der Waals surface area contributed by atoms with Gasteiger partial charge in [0, 0.05) is 24.0 Å². The predicted octanol–water partition coefficient (Wildman–Crippen LogP) is 4.86. The quantitative estimate of drug-likeness (QED) is 0.653. The summed E-state index contributed by atoms with van der Waals surface area (Å²) in [5.74, 6) is 0.901. The third kappa shape index (κ3) is 4.35. The molecule has 0 saturated heterocycles. The first kappa shape index (κ1) is 17.0. The predicted molar refractivity (Wildman–Crippen MR) is 104 cm³/mol. The number of thiophene rings is 1. The number of nitrogens with zero attached hydrogens (tertiary/aromatic N) is 2. The number of ether oxygens (including phenoxy) is 1. The first-order valence-corrected chi connectivity index (χ1v) is 9.51. The van der Waals surface area contributed by atoms with Crippen LogP contribution in [0.4, 0.5) is 10.8 Å². The molecule has 2 aromatic heterocycles. The van der Waals surface area contributed by atoms with Crippen LogP contribution in [0, 0.1) is 6.92 Å². The van der Waals surface area contributed by atoms with E-state index in [9.17, 15) is 0 Å². The summed E-state index contributed by atoms with van der Waals surface area (Å²) in [6.07, 6.45) is 1.92. The van der Waals surface area contributed by atoms with E-state index >= 15 is 0 Å². The maximum Gasteiger partial charge on any atom is 0.187 e. The number of thiazole rings is 1. The maximum atomic E-state index is 5.77. The van der Waals surface area contributed by atoms with E-state index in [1.807, 2.05) is 32.4 Å². The number of aromatic nitrogens is 1. The van der Waals surface area contributed by atoms with Crippen LogP contribution in [0.1, 0.15) is 5.56 Å². The van der Waals surface area contributed by atoms with Crippen molar-refractivity contribution in [2.24, 2.45) is 0 Å². The van der Waals surface area contributed by atoms with Crippen molar-refractivity contribution in [3.63, 3.8) is 0 Å². The Morgan fingerprint density at radius 3 is 2.83 bits per heavy atom. The van der Waals surface area contributed by atoms with Crippen molar-refractivity contribution in [1.82, 2.24) is 9.88 Å². The Morgan fingerprint density at radius 1 is 1.25 bits per heavy atom. The number of hydrogen-bond donors (Lipinski definition) is 1. The lowest BCUT2D eigenvalue weighted by Gasteiger charge is -2.13. The van der Waals surface area contributed by atoms with E-state index in [1.165, 1.54) is 10.4 Å². The maximum absolute atomic E-state index is 5.77. The first-order valence-electron chi connectivity index (χ1n) is 7.75. The Bertz CT molecular complexity index is 781.